The van der Waals surface area contributed by atoms with Gasteiger partial charge in [-0.15, -0.1) is 0 Å². The Balaban J connectivity index is 2.01. The highest BCUT2D eigenvalue weighted by Gasteiger charge is 2.42. The van der Waals surface area contributed by atoms with Crippen LogP contribution >= 0.6 is 0 Å². The molecule has 2 unspecified atom stereocenters. The number of nitrogens with zero attached hydrogens (tertiary/aromatic N) is 1. The Bertz CT molecular complexity index is 365. The third-order valence-corrected chi connectivity index (χ3v) is 4.57. The molecule has 0 aromatic heterocycles. The Labute approximate surface area is 120 Å². The maximum Gasteiger partial charge on any atom is 0.307 e. The van der Waals surface area contributed by atoms with Gasteiger partial charge < -0.3 is 14.7 Å². The number of amides is 1. The number of ether oxygens (including phenoxy) is 1. The predicted molar refractivity (Wildman–Crippen MR) is 74.2 cm³/mol. The SMILES string of the molecule is CCN(CC1CCCO1)C(=O)[C@H]1CC(C)C[C@H]1C(=O)O. The molecule has 0 aromatic carbocycles. The van der Waals surface area contributed by atoms with Crippen molar-refractivity contribution in [1.82, 2.24) is 4.90 Å². The summed E-state index contributed by atoms with van der Waals surface area (Å²) in [6, 6.07) is 0. The minimum Gasteiger partial charge on any atom is -0.481 e. The second kappa shape index (κ2) is 6.57. The quantitative estimate of drug-likeness (QED) is 0.835. The lowest BCUT2D eigenvalue weighted by Gasteiger charge is -2.28. The van der Waals surface area contributed by atoms with Crippen molar-refractivity contribution >= 4 is 11.9 Å². The molecule has 1 aliphatic heterocycles. The van der Waals surface area contributed by atoms with Crippen molar-refractivity contribution in [3.8, 4) is 0 Å². The van der Waals surface area contributed by atoms with Gasteiger partial charge in [0.2, 0.25) is 5.91 Å². The number of carboxylic acid groups (broad SMARTS) is 1. The monoisotopic (exact) mass is 283 g/mol. The van der Waals surface area contributed by atoms with E-state index in [1.54, 1.807) is 4.90 Å². The molecule has 1 amide bonds. The summed E-state index contributed by atoms with van der Waals surface area (Å²) in [6.45, 7) is 5.97. The standard InChI is InChI=1S/C15H25NO4/c1-3-16(9-11-5-4-6-20-11)14(17)12-7-10(2)8-13(12)15(18)19/h10-13H,3-9H2,1-2H3,(H,18,19)/t10?,11?,12-,13+/m0/s1. The molecule has 2 aliphatic rings. The van der Waals surface area contributed by atoms with Crippen LogP contribution in [0.4, 0.5) is 0 Å². The first-order valence-electron chi connectivity index (χ1n) is 7.66. The number of carbonyl (C=O) groups is 2. The maximum absolute atomic E-state index is 12.6. The van der Waals surface area contributed by atoms with Crippen LogP contribution in [0.1, 0.15) is 39.5 Å². The summed E-state index contributed by atoms with van der Waals surface area (Å²) in [7, 11) is 0. The van der Waals surface area contributed by atoms with Crippen LogP contribution in [-0.4, -0.2) is 47.7 Å². The van der Waals surface area contributed by atoms with E-state index in [1.165, 1.54) is 0 Å². The minimum absolute atomic E-state index is 0.000231. The second-order valence-corrected chi connectivity index (χ2v) is 6.14. The maximum atomic E-state index is 12.6. The van der Waals surface area contributed by atoms with Gasteiger partial charge >= 0.3 is 5.97 Å². The molecule has 1 saturated carbocycles. The molecule has 1 aliphatic carbocycles. The van der Waals surface area contributed by atoms with Crippen molar-refractivity contribution in [3.63, 3.8) is 0 Å². The van der Waals surface area contributed by atoms with E-state index in [2.05, 4.69) is 0 Å². The molecule has 0 aromatic rings. The van der Waals surface area contributed by atoms with E-state index in [1.807, 2.05) is 13.8 Å². The van der Waals surface area contributed by atoms with Crippen LogP contribution in [-0.2, 0) is 14.3 Å². The highest BCUT2D eigenvalue weighted by Crippen LogP contribution is 2.37. The molecule has 5 nitrogen and oxygen atoms in total. The molecule has 1 N–H and O–H groups in total. The van der Waals surface area contributed by atoms with Crippen LogP contribution in [0, 0.1) is 17.8 Å². The molecule has 1 heterocycles. The fourth-order valence-corrected chi connectivity index (χ4v) is 3.48. The molecular weight excluding hydrogens is 258 g/mol. The number of hydrogen-bond acceptors (Lipinski definition) is 3. The van der Waals surface area contributed by atoms with Crippen LogP contribution in [0.3, 0.4) is 0 Å². The Hall–Kier alpha value is -1.10. The van der Waals surface area contributed by atoms with Crippen LogP contribution in [0.2, 0.25) is 0 Å². The highest BCUT2D eigenvalue weighted by molar-refractivity contribution is 5.85. The molecule has 0 spiro atoms. The van der Waals surface area contributed by atoms with Crippen LogP contribution in [0.5, 0.6) is 0 Å². The average molecular weight is 283 g/mol. The molecular formula is C15H25NO4. The molecule has 4 atom stereocenters. The summed E-state index contributed by atoms with van der Waals surface area (Å²) in [6.07, 6.45) is 3.48. The summed E-state index contributed by atoms with van der Waals surface area (Å²) in [5.74, 6) is -1.40. The van der Waals surface area contributed by atoms with E-state index >= 15 is 0 Å². The van der Waals surface area contributed by atoms with E-state index in [0.717, 1.165) is 19.4 Å². The van der Waals surface area contributed by atoms with Crippen molar-refractivity contribution in [2.45, 2.75) is 45.6 Å². The molecule has 20 heavy (non-hydrogen) atoms. The molecule has 2 fully saturated rings. The third kappa shape index (κ3) is 3.32. The lowest BCUT2D eigenvalue weighted by molar-refractivity contribution is -0.149. The summed E-state index contributed by atoms with van der Waals surface area (Å²) >= 11 is 0. The van der Waals surface area contributed by atoms with Crippen molar-refractivity contribution in [2.24, 2.45) is 17.8 Å². The number of hydrogen-bond donors (Lipinski definition) is 1. The summed E-state index contributed by atoms with van der Waals surface area (Å²) in [4.78, 5) is 25.7. The second-order valence-electron chi connectivity index (χ2n) is 6.14. The number of carboxylic acids is 1. The van der Waals surface area contributed by atoms with Crippen LogP contribution in [0.25, 0.3) is 0 Å². The minimum atomic E-state index is -0.833. The number of rotatable bonds is 5. The Kier molecular flexibility index (Phi) is 5.02. The van der Waals surface area contributed by atoms with E-state index in [-0.39, 0.29) is 17.9 Å². The summed E-state index contributed by atoms with van der Waals surface area (Å²) in [5, 5.41) is 9.29. The van der Waals surface area contributed by atoms with Gasteiger partial charge in [-0.3, -0.25) is 9.59 Å². The number of aliphatic carboxylic acids is 1. The smallest absolute Gasteiger partial charge is 0.307 e. The summed E-state index contributed by atoms with van der Waals surface area (Å²) < 4.78 is 5.58. The zero-order valence-corrected chi connectivity index (χ0v) is 12.4. The van der Waals surface area contributed by atoms with Crippen molar-refractivity contribution < 1.29 is 19.4 Å². The van der Waals surface area contributed by atoms with Gasteiger partial charge in [-0.05, 0) is 38.5 Å². The van der Waals surface area contributed by atoms with E-state index < -0.39 is 11.9 Å². The Morgan fingerprint density at radius 1 is 1.30 bits per heavy atom. The van der Waals surface area contributed by atoms with Gasteiger partial charge in [0.25, 0.3) is 0 Å². The van der Waals surface area contributed by atoms with E-state index in [4.69, 9.17) is 4.74 Å². The van der Waals surface area contributed by atoms with E-state index in [0.29, 0.717) is 31.8 Å². The fraction of sp³-hybridized carbons (Fsp3) is 0.867. The van der Waals surface area contributed by atoms with Gasteiger partial charge in [0.1, 0.15) is 0 Å². The van der Waals surface area contributed by atoms with E-state index in [9.17, 15) is 14.7 Å². The highest BCUT2D eigenvalue weighted by atomic mass is 16.5. The Morgan fingerprint density at radius 3 is 2.55 bits per heavy atom. The zero-order valence-electron chi connectivity index (χ0n) is 12.4. The first kappa shape index (κ1) is 15.3. The third-order valence-electron chi connectivity index (χ3n) is 4.57. The fourth-order valence-electron chi connectivity index (χ4n) is 3.48. The first-order chi connectivity index (χ1) is 9.52. The van der Waals surface area contributed by atoms with Gasteiger partial charge in [-0.25, -0.2) is 0 Å². The molecule has 2 rings (SSSR count). The van der Waals surface area contributed by atoms with Gasteiger partial charge in [0.05, 0.1) is 17.9 Å². The number of carbonyl (C=O) groups excluding carboxylic acids is 1. The van der Waals surface area contributed by atoms with Crippen molar-refractivity contribution in [3.05, 3.63) is 0 Å². The summed E-state index contributed by atoms with van der Waals surface area (Å²) in [5.41, 5.74) is 0. The lowest BCUT2D eigenvalue weighted by Crippen LogP contribution is -2.42. The number of likely N-dealkylation sites (N-methyl/N-ethyl adjacent to an activating group) is 1. The van der Waals surface area contributed by atoms with Crippen LogP contribution < -0.4 is 0 Å². The largest absolute Gasteiger partial charge is 0.481 e. The lowest BCUT2D eigenvalue weighted by atomic mass is 9.94. The molecule has 0 radical (unpaired) electrons. The van der Waals surface area contributed by atoms with Gasteiger partial charge in [-0.1, -0.05) is 6.92 Å². The molecule has 114 valence electrons. The van der Waals surface area contributed by atoms with Gasteiger partial charge in [0, 0.05) is 19.7 Å². The van der Waals surface area contributed by atoms with Crippen molar-refractivity contribution in [2.75, 3.05) is 19.7 Å². The molecule has 1 saturated heterocycles. The van der Waals surface area contributed by atoms with Gasteiger partial charge in [-0.2, -0.15) is 0 Å². The first-order valence-corrected chi connectivity index (χ1v) is 7.66. The predicted octanol–water partition coefficient (Wildman–Crippen LogP) is 1.76. The zero-order chi connectivity index (χ0) is 14.7. The molecule has 5 heteroatoms. The van der Waals surface area contributed by atoms with Crippen LogP contribution in [0.15, 0.2) is 0 Å². The van der Waals surface area contributed by atoms with Gasteiger partial charge in [0.15, 0.2) is 0 Å². The molecule has 0 bridgehead atoms. The topological polar surface area (TPSA) is 66.8 Å². The average Bonchev–Trinajstić information content (AvgIpc) is 3.04. The Morgan fingerprint density at radius 2 is 2.00 bits per heavy atom. The normalized spacial score (nSPS) is 33.3. The van der Waals surface area contributed by atoms with Crippen molar-refractivity contribution in [1.29, 1.82) is 0 Å².